The molecule has 0 nitrogen and oxygen atoms in total. The Labute approximate surface area is 137 Å². The first-order valence-corrected chi connectivity index (χ1v) is 5.39. The van der Waals surface area contributed by atoms with Gasteiger partial charge in [0.2, 0.25) is 0 Å². The third kappa shape index (κ3) is 10.1. The van der Waals surface area contributed by atoms with Gasteiger partial charge in [-0.1, -0.05) is 38.2 Å². The Kier molecular flexibility index (Phi) is 19.2. The predicted octanol–water partition coefficient (Wildman–Crippen LogP) is -1.82. The third-order valence-corrected chi connectivity index (χ3v) is 2.29. The summed E-state index contributed by atoms with van der Waals surface area (Å²) in [4.78, 5) is 0. The van der Waals surface area contributed by atoms with E-state index in [2.05, 4.69) is 50.3 Å². The maximum atomic E-state index is 3.21. The average Bonchev–Trinajstić information content (AvgIpc) is 2.92. The molecule has 2 aliphatic carbocycles. The summed E-state index contributed by atoms with van der Waals surface area (Å²) in [6.45, 7) is 4.30. The van der Waals surface area contributed by atoms with Gasteiger partial charge in [0.15, 0.2) is 0 Å². The number of rotatable bonds is 2. The molecule has 0 saturated carbocycles. The maximum Gasteiger partial charge on any atom is 2.00 e. The SMILES string of the molecule is CCC1=[C]CC=C1.CCC1=[C]CC=C1.[Cl-].[Cl-].[Zr+2]. The third-order valence-electron chi connectivity index (χ3n) is 2.29. The van der Waals surface area contributed by atoms with E-state index in [1.807, 2.05) is 0 Å². The van der Waals surface area contributed by atoms with E-state index in [0.717, 1.165) is 25.7 Å². The van der Waals surface area contributed by atoms with Gasteiger partial charge in [-0.2, -0.15) is 0 Å². The Bertz CT molecular complexity index is 259. The molecule has 0 aromatic heterocycles. The molecule has 0 N–H and O–H groups in total. The summed E-state index contributed by atoms with van der Waals surface area (Å²) < 4.78 is 0. The smallest absolute Gasteiger partial charge is 1.00 e. The average molecular weight is 348 g/mol. The van der Waals surface area contributed by atoms with Crippen LogP contribution in [0.25, 0.3) is 0 Å². The van der Waals surface area contributed by atoms with Crippen LogP contribution in [-0.4, -0.2) is 0 Å². The van der Waals surface area contributed by atoms with Crippen LogP contribution in [0.5, 0.6) is 0 Å². The molecule has 0 amide bonds. The topological polar surface area (TPSA) is 0 Å². The summed E-state index contributed by atoms with van der Waals surface area (Å²) in [5, 5.41) is 0. The van der Waals surface area contributed by atoms with E-state index in [1.54, 1.807) is 0 Å². The van der Waals surface area contributed by atoms with Gasteiger partial charge >= 0.3 is 26.2 Å². The normalized spacial score (nSPS) is 14.5. The van der Waals surface area contributed by atoms with Gasteiger partial charge in [0.1, 0.15) is 0 Å². The number of hydrogen-bond donors (Lipinski definition) is 0. The maximum absolute atomic E-state index is 3.21. The Balaban J connectivity index is -0.000000196. The zero-order chi connectivity index (χ0) is 10.2. The van der Waals surface area contributed by atoms with E-state index in [1.165, 1.54) is 11.1 Å². The van der Waals surface area contributed by atoms with Gasteiger partial charge in [-0.05, 0) is 49.0 Å². The van der Waals surface area contributed by atoms with Crippen molar-refractivity contribution in [2.24, 2.45) is 0 Å². The largest absolute Gasteiger partial charge is 2.00 e. The van der Waals surface area contributed by atoms with E-state index in [9.17, 15) is 0 Å². The summed E-state index contributed by atoms with van der Waals surface area (Å²) in [5.41, 5.74) is 2.72. The molecule has 2 rings (SSSR count). The molecular weight excluding hydrogens is 330 g/mol. The van der Waals surface area contributed by atoms with Crippen molar-refractivity contribution in [2.75, 3.05) is 0 Å². The minimum Gasteiger partial charge on any atom is -1.00 e. The molecule has 2 radical (unpaired) electrons. The van der Waals surface area contributed by atoms with Crippen molar-refractivity contribution >= 4 is 0 Å². The minimum atomic E-state index is 0. The molecule has 0 spiro atoms. The van der Waals surface area contributed by atoms with Crippen LogP contribution in [0, 0.1) is 12.2 Å². The molecule has 0 heterocycles. The first-order valence-electron chi connectivity index (χ1n) is 5.39. The predicted molar refractivity (Wildman–Crippen MR) is 61.6 cm³/mol. The molecule has 0 aromatic carbocycles. The van der Waals surface area contributed by atoms with E-state index >= 15 is 0 Å². The molecule has 92 valence electrons. The van der Waals surface area contributed by atoms with Gasteiger partial charge in [-0.25, -0.2) is 0 Å². The quantitative estimate of drug-likeness (QED) is 0.551. The fourth-order valence-corrected chi connectivity index (χ4v) is 1.39. The van der Waals surface area contributed by atoms with Gasteiger partial charge in [-0.3, -0.25) is 0 Å². The Morgan fingerprint density at radius 1 is 0.882 bits per heavy atom. The van der Waals surface area contributed by atoms with Crippen LogP contribution < -0.4 is 24.8 Å². The summed E-state index contributed by atoms with van der Waals surface area (Å²) in [7, 11) is 0. The Morgan fingerprint density at radius 3 is 1.35 bits per heavy atom. The fraction of sp³-hybridized carbons (Fsp3) is 0.429. The minimum absolute atomic E-state index is 0. The van der Waals surface area contributed by atoms with Gasteiger partial charge in [-0.15, -0.1) is 0 Å². The zero-order valence-electron chi connectivity index (χ0n) is 10.4. The molecular formula is C14H18Cl2Zr. The van der Waals surface area contributed by atoms with Crippen molar-refractivity contribution < 1.29 is 51.0 Å². The first kappa shape index (κ1) is 22.6. The second kappa shape index (κ2) is 14.5. The molecule has 3 heteroatoms. The molecule has 0 bridgehead atoms. The van der Waals surface area contributed by atoms with Crippen LogP contribution in [-0.2, 0) is 26.2 Å². The molecule has 0 atom stereocenters. The summed E-state index contributed by atoms with van der Waals surface area (Å²) in [6, 6.07) is 0. The van der Waals surface area contributed by atoms with Gasteiger partial charge in [0.05, 0.1) is 0 Å². The fourth-order valence-electron chi connectivity index (χ4n) is 1.39. The van der Waals surface area contributed by atoms with Gasteiger partial charge < -0.3 is 24.8 Å². The molecule has 0 fully saturated rings. The molecule has 17 heavy (non-hydrogen) atoms. The van der Waals surface area contributed by atoms with Crippen molar-refractivity contribution in [3.8, 4) is 0 Å². The molecule has 0 saturated heterocycles. The molecule has 2 aliphatic rings. The Morgan fingerprint density at radius 2 is 1.24 bits per heavy atom. The van der Waals surface area contributed by atoms with Crippen LogP contribution in [0.1, 0.15) is 39.5 Å². The molecule has 0 unspecified atom stereocenters. The van der Waals surface area contributed by atoms with Crippen molar-refractivity contribution in [3.63, 3.8) is 0 Å². The van der Waals surface area contributed by atoms with Crippen molar-refractivity contribution in [1.29, 1.82) is 0 Å². The van der Waals surface area contributed by atoms with Crippen molar-refractivity contribution in [2.45, 2.75) is 39.5 Å². The standard InChI is InChI=1S/2C7H9.2ClH.Zr/c2*1-2-7-5-3-4-6-7;;;/h2*3,5H,2,4H2,1H3;2*1H;/q;;;;+2/p-2. The second-order valence-electron chi connectivity index (χ2n) is 3.32. The summed E-state index contributed by atoms with van der Waals surface area (Å²) >= 11 is 0. The van der Waals surface area contributed by atoms with E-state index in [-0.39, 0.29) is 51.0 Å². The van der Waals surface area contributed by atoms with E-state index < -0.39 is 0 Å². The second-order valence-corrected chi connectivity index (χ2v) is 3.32. The Hall–Kier alpha value is 0.423. The zero-order valence-corrected chi connectivity index (χ0v) is 14.4. The van der Waals surface area contributed by atoms with E-state index in [0.29, 0.717) is 0 Å². The van der Waals surface area contributed by atoms with E-state index in [4.69, 9.17) is 0 Å². The molecule has 0 aromatic rings. The number of hydrogen-bond acceptors (Lipinski definition) is 0. The monoisotopic (exact) mass is 346 g/mol. The van der Waals surface area contributed by atoms with Crippen LogP contribution in [0.3, 0.4) is 0 Å². The van der Waals surface area contributed by atoms with Crippen LogP contribution in [0.4, 0.5) is 0 Å². The van der Waals surface area contributed by atoms with Crippen LogP contribution in [0.15, 0.2) is 35.5 Å². The number of allylic oxidation sites excluding steroid dienone is 8. The number of halogens is 2. The van der Waals surface area contributed by atoms with Crippen molar-refractivity contribution in [1.82, 2.24) is 0 Å². The molecule has 0 aliphatic heterocycles. The van der Waals surface area contributed by atoms with Crippen LogP contribution >= 0.6 is 0 Å². The van der Waals surface area contributed by atoms with Gasteiger partial charge in [0, 0.05) is 0 Å². The summed E-state index contributed by atoms with van der Waals surface area (Å²) in [5.74, 6) is 0. The van der Waals surface area contributed by atoms with Crippen LogP contribution in [0.2, 0.25) is 0 Å². The van der Waals surface area contributed by atoms with Crippen molar-refractivity contribution in [3.05, 3.63) is 47.6 Å². The first-order chi connectivity index (χ1) is 6.86. The summed E-state index contributed by atoms with van der Waals surface area (Å²) in [6.07, 6.45) is 19.3. The van der Waals surface area contributed by atoms with Gasteiger partial charge in [0.25, 0.3) is 0 Å².